The van der Waals surface area contributed by atoms with Crippen LogP contribution in [-0.4, -0.2) is 35.4 Å². The van der Waals surface area contributed by atoms with Crippen molar-refractivity contribution in [1.29, 1.82) is 0 Å². The van der Waals surface area contributed by atoms with Crippen molar-refractivity contribution >= 4 is 11.9 Å². The van der Waals surface area contributed by atoms with E-state index in [-0.39, 0.29) is 0 Å². The summed E-state index contributed by atoms with van der Waals surface area (Å²) < 4.78 is 72.1. The Morgan fingerprint density at radius 2 is 1.61 bits per heavy atom. The number of hydrogen-bond donors (Lipinski definition) is 2. The molecule has 0 aliphatic rings. The molecule has 0 rings (SSSR count). The van der Waals surface area contributed by atoms with E-state index < -0.39 is 49.5 Å². The number of carboxylic acid groups (broad SMARTS) is 1. The van der Waals surface area contributed by atoms with Crippen LogP contribution >= 0.6 is 0 Å². The van der Waals surface area contributed by atoms with Gasteiger partial charge in [-0.25, -0.2) is 0 Å². The van der Waals surface area contributed by atoms with Gasteiger partial charge in [-0.2, -0.15) is 26.3 Å². The van der Waals surface area contributed by atoms with Crippen LogP contribution in [0.15, 0.2) is 0 Å². The lowest BCUT2D eigenvalue weighted by Crippen LogP contribution is -2.50. The molecule has 18 heavy (non-hydrogen) atoms. The lowest BCUT2D eigenvalue weighted by Gasteiger charge is -2.21. The third-order valence-corrected chi connectivity index (χ3v) is 1.84. The maximum Gasteiger partial charge on any atom is 0.471 e. The zero-order valence-electron chi connectivity index (χ0n) is 8.73. The molecule has 1 amide bonds. The highest BCUT2D eigenvalue weighted by Gasteiger charge is 2.46. The van der Waals surface area contributed by atoms with Gasteiger partial charge in [0.2, 0.25) is 0 Å². The lowest BCUT2D eigenvalue weighted by molar-refractivity contribution is -0.188. The van der Waals surface area contributed by atoms with Gasteiger partial charge in [-0.1, -0.05) is 0 Å². The molecule has 0 fully saturated rings. The number of alkyl halides is 6. The number of halogens is 6. The van der Waals surface area contributed by atoms with E-state index in [1.807, 2.05) is 0 Å². The Hall–Kier alpha value is -1.48. The summed E-state index contributed by atoms with van der Waals surface area (Å²) in [7, 11) is 0. The Kier molecular flexibility index (Phi) is 5.43. The van der Waals surface area contributed by atoms with Crippen LogP contribution in [0.25, 0.3) is 0 Å². The Balaban J connectivity index is 4.52. The maximum absolute atomic E-state index is 12.3. The molecule has 0 aromatic heterocycles. The Bertz CT molecular complexity index is 311. The first kappa shape index (κ1) is 16.5. The van der Waals surface area contributed by atoms with Crippen LogP contribution in [0.2, 0.25) is 0 Å². The summed E-state index contributed by atoms with van der Waals surface area (Å²) in [6.45, 7) is 0. The van der Waals surface area contributed by atoms with Crippen molar-refractivity contribution in [1.82, 2.24) is 5.32 Å². The van der Waals surface area contributed by atoms with Crippen molar-refractivity contribution < 1.29 is 41.0 Å². The van der Waals surface area contributed by atoms with E-state index in [1.54, 1.807) is 0 Å². The zero-order chi connectivity index (χ0) is 14.6. The first-order chi connectivity index (χ1) is 7.94. The summed E-state index contributed by atoms with van der Waals surface area (Å²) in [4.78, 5) is 20.4. The molecule has 0 aliphatic carbocycles. The lowest BCUT2D eigenvalue weighted by atomic mass is 10.1. The van der Waals surface area contributed by atoms with E-state index in [1.165, 1.54) is 0 Å². The quantitative estimate of drug-likeness (QED) is 0.756. The molecule has 0 radical (unpaired) electrons. The normalized spacial score (nSPS) is 14.1. The third-order valence-electron chi connectivity index (χ3n) is 1.84. The van der Waals surface area contributed by atoms with Crippen LogP contribution in [0.1, 0.15) is 19.3 Å². The summed E-state index contributed by atoms with van der Waals surface area (Å²) in [5, 5.41) is 8.98. The largest absolute Gasteiger partial charge is 0.481 e. The molecule has 0 spiro atoms. The van der Waals surface area contributed by atoms with Gasteiger partial charge in [0.15, 0.2) is 0 Å². The standard InChI is InChI=1S/C8H9F6NO3/c9-7(10,11)4(2-1-3-5(16)17)15-6(18)8(12,13)14/h4H,1-3H2,(H,15,18)(H,16,17). The van der Waals surface area contributed by atoms with Crippen molar-refractivity contribution in [3.05, 3.63) is 0 Å². The highest BCUT2D eigenvalue weighted by atomic mass is 19.4. The topological polar surface area (TPSA) is 66.4 Å². The Morgan fingerprint density at radius 1 is 1.11 bits per heavy atom. The average molecular weight is 281 g/mol. The molecule has 4 nitrogen and oxygen atoms in total. The number of carbonyl (C=O) groups excluding carboxylic acids is 1. The molecule has 1 unspecified atom stereocenters. The minimum absolute atomic E-state index is 0.502. The van der Waals surface area contributed by atoms with Crippen molar-refractivity contribution in [3.63, 3.8) is 0 Å². The number of carbonyl (C=O) groups is 2. The first-order valence-electron chi connectivity index (χ1n) is 4.60. The van der Waals surface area contributed by atoms with Gasteiger partial charge < -0.3 is 10.4 Å². The van der Waals surface area contributed by atoms with Crippen LogP contribution in [0, 0.1) is 0 Å². The molecule has 0 saturated heterocycles. The zero-order valence-corrected chi connectivity index (χ0v) is 8.73. The molecule has 0 aromatic rings. The van der Waals surface area contributed by atoms with E-state index in [9.17, 15) is 35.9 Å². The van der Waals surface area contributed by atoms with Crippen LogP contribution in [0.3, 0.4) is 0 Å². The molecule has 0 bridgehead atoms. The van der Waals surface area contributed by atoms with Gasteiger partial charge in [0.1, 0.15) is 6.04 Å². The highest BCUT2D eigenvalue weighted by molar-refractivity contribution is 5.82. The van der Waals surface area contributed by atoms with Crippen molar-refractivity contribution in [2.75, 3.05) is 0 Å². The van der Waals surface area contributed by atoms with E-state index in [2.05, 4.69) is 0 Å². The van der Waals surface area contributed by atoms with Gasteiger partial charge in [0.25, 0.3) is 0 Å². The fourth-order valence-electron chi connectivity index (χ4n) is 1.02. The Labute approximate surface area is 97.0 Å². The first-order valence-corrected chi connectivity index (χ1v) is 4.60. The summed E-state index contributed by atoms with van der Waals surface area (Å²) >= 11 is 0. The van der Waals surface area contributed by atoms with Gasteiger partial charge in [-0.15, -0.1) is 0 Å². The highest BCUT2D eigenvalue weighted by Crippen LogP contribution is 2.25. The number of nitrogens with one attached hydrogen (secondary N) is 1. The fourth-order valence-corrected chi connectivity index (χ4v) is 1.02. The molecule has 0 saturated carbocycles. The van der Waals surface area contributed by atoms with Crippen LogP contribution in [-0.2, 0) is 9.59 Å². The maximum atomic E-state index is 12.3. The van der Waals surface area contributed by atoms with Crippen molar-refractivity contribution in [2.24, 2.45) is 0 Å². The second-order valence-electron chi connectivity index (χ2n) is 3.35. The summed E-state index contributed by atoms with van der Waals surface area (Å²) in [6.07, 6.45) is -12.6. The third kappa shape index (κ3) is 6.30. The number of hydrogen-bond acceptors (Lipinski definition) is 2. The summed E-state index contributed by atoms with van der Waals surface area (Å²) in [6, 6.07) is -2.72. The molecule has 2 N–H and O–H groups in total. The van der Waals surface area contributed by atoms with Crippen LogP contribution < -0.4 is 5.32 Å². The number of rotatable bonds is 5. The number of carboxylic acids is 1. The molecule has 106 valence electrons. The van der Waals surface area contributed by atoms with Crippen LogP contribution in [0.4, 0.5) is 26.3 Å². The molecule has 10 heteroatoms. The van der Waals surface area contributed by atoms with E-state index in [4.69, 9.17) is 5.11 Å². The SMILES string of the molecule is O=C(O)CCCC(NC(=O)C(F)(F)F)C(F)(F)F. The minimum atomic E-state index is -5.42. The number of aliphatic carboxylic acids is 1. The summed E-state index contributed by atoms with van der Waals surface area (Å²) in [5.74, 6) is -4.08. The van der Waals surface area contributed by atoms with Gasteiger partial charge in [0, 0.05) is 6.42 Å². The fraction of sp³-hybridized carbons (Fsp3) is 0.750. The van der Waals surface area contributed by atoms with E-state index >= 15 is 0 Å². The van der Waals surface area contributed by atoms with Gasteiger partial charge in [-0.3, -0.25) is 9.59 Å². The molecular formula is C8H9F6NO3. The minimum Gasteiger partial charge on any atom is -0.481 e. The molecule has 1 atom stereocenters. The van der Waals surface area contributed by atoms with Crippen molar-refractivity contribution in [2.45, 2.75) is 37.7 Å². The van der Waals surface area contributed by atoms with Crippen molar-refractivity contribution in [3.8, 4) is 0 Å². The second kappa shape index (κ2) is 5.91. The predicted octanol–water partition coefficient (Wildman–Crippen LogP) is 1.85. The molecular weight excluding hydrogens is 272 g/mol. The smallest absolute Gasteiger partial charge is 0.471 e. The monoisotopic (exact) mass is 281 g/mol. The second-order valence-corrected chi connectivity index (χ2v) is 3.35. The van der Waals surface area contributed by atoms with Gasteiger partial charge in [-0.05, 0) is 12.8 Å². The van der Waals surface area contributed by atoms with Gasteiger partial charge >= 0.3 is 24.2 Å². The predicted molar refractivity (Wildman–Crippen MR) is 45.5 cm³/mol. The van der Waals surface area contributed by atoms with E-state index in [0.29, 0.717) is 0 Å². The average Bonchev–Trinajstić information content (AvgIpc) is 2.12. The molecule has 0 aliphatic heterocycles. The Morgan fingerprint density at radius 3 is 1.94 bits per heavy atom. The summed E-state index contributed by atoms with van der Waals surface area (Å²) in [5.41, 5.74) is 0. The van der Waals surface area contributed by atoms with Crippen LogP contribution in [0.5, 0.6) is 0 Å². The number of amides is 1. The van der Waals surface area contributed by atoms with Gasteiger partial charge in [0.05, 0.1) is 0 Å². The molecule has 0 aromatic carbocycles. The van der Waals surface area contributed by atoms with E-state index in [0.717, 1.165) is 5.32 Å². The molecule has 0 heterocycles.